The van der Waals surface area contributed by atoms with Gasteiger partial charge in [0.1, 0.15) is 0 Å². The zero-order valence-electron chi connectivity index (χ0n) is 13.4. The number of hydrogen-bond donors (Lipinski definition) is 1. The van der Waals surface area contributed by atoms with E-state index in [4.69, 9.17) is 0 Å². The average molecular weight is 305 g/mol. The van der Waals surface area contributed by atoms with Crippen molar-refractivity contribution in [2.45, 2.75) is 53.0 Å². The van der Waals surface area contributed by atoms with Gasteiger partial charge in [0.05, 0.1) is 0 Å². The van der Waals surface area contributed by atoms with Crippen LogP contribution in [0.2, 0.25) is 0 Å². The Morgan fingerprint density at radius 2 is 2.05 bits per heavy atom. The summed E-state index contributed by atoms with van der Waals surface area (Å²) in [6.45, 7) is 11.7. The molecular formula is C14H31N3O2S. The standard InChI is InChI=1S/C14H31N3O2S/c1-5-9-15-11-14-8-7-10-16(12-14)20(18,19)17(6-2)13(3)4/h13-15H,5-12H2,1-4H3. The first-order chi connectivity index (χ1) is 9.43. The number of hydrogen-bond acceptors (Lipinski definition) is 3. The minimum atomic E-state index is -3.30. The second-order valence-electron chi connectivity index (χ2n) is 5.88. The predicted octanol–water partition coefficient (Wildman–Crippen LogP) is 1.67. The fourth-order valence-corrected chi connectivity index (χ4v) is 4.74. The molecule has 0 spiro atoms. The summed E-state index contributed by atoms with van der Waals surface area (Å²) >= 11 is 0. The van der Waals surface area contributed by atoms with E-state index >= 15 is 0 Å². The highest BCUT2D eigenvalue weighted by Gasteiger charge is 2.33. The monoisotopic (exact) mass is 305 g/mol. The van der Waals surface area contributed by atoms with E-state index in [2.05, 4.69) is 12.2 Å². The summed E-state index contributed by atoms with van der Waals surface area (Å²) in [6, 6.07) is 0.0172. The fraction of sp³-hybridized carbons (Fsp3) is 1.00. The Morgan fingerprint density at radius 3 is 2.60 bits per heavy atom. The molecule has 0 bridgehead atoms. The van der Waals surface area contributed by atoms with Crippen LogP contribution in [0, 0.1) is 5.92 Å². The Labute approximate surface area is 124 Å². The van der Waals surface area contributed by atoms with E-state index in [-0.39, 0.29) is 6.04 Å². The molecule has 1 aliphatic heterocycles. The van der Waals surface area contributed by atoms with Gasteiger partial charge in [-0.2, -0.15) is 17.0 Å². The minimum absolute atomic E-state index is 0.0172. The average Bonchev–Trinajstić information content (AvgIpc) is 2.39. The van der Waals surface area contributed by atoms with Gasteiger partial charge in [-0.3, -0.25) is 0 Å². The van der Waals surface area contributed by atoms with Gasteiger partial charge in [0.25, 0.3) is 10.2 Å². The lowest BCUT2D eigenvalue weighted by atomic mass is 10.00. The Balaban J connectivity index is 2.65. The van der Waals surface area contributed by atoms with Crippen molar-refractivity contribution < 1.29 is 8.42 Å². The Bertz CT molecular complexity index is 371. The predicted molar refractivity (Wildman–Crippen MR) is 83.9 cm³/mol. The number of piperidine rings is 1. The van der Waals surface area contributed by atoms with E-state index in [1.54, 1.807) is 8.61 Å². The van der Waals surface area contributed by atoms with Crippen LogP contribution in [0.4, 0.5) is 0 Å². The summed E-state index contributed by atoms with van der Waals surface area (Å²) in [4.78, 5) is 0. The molecule has 1 atom stereocenters. The summed E-state index contributed by atoms with van der Waals surface area (Å²) in [6.07, 6.45) is 3.20. The molecule has 5 nitrogen and oxygen atoms in total. The van der Waals surface area contributed by atoms with Crippen molar-refractivity contribution in [3.63, 3.8) is 0 Å². The molecule has 0 radical (unpaired) electrons. The topological polar surface area (TPSA) is 52.7 Å². The molecule has 0 saturated carbocycles. The molecule has 0 aromatic carbocycles. The van der Waals surface area contributed by atoms with Crippen molar-refractivity contribution in [3.05, 3.63) is 0 Å². The summed E-state index contributed by atoms with van der Waals surface area (Å²) in [5.41, 5.74) is 0. The van der Waals surface area contributed by atoms with E-state index in [9.17, 15) is 8.42 Å². The molecule has 0 aromatic rings. The highest BCUT2D eigenvalue weighted by atomic mass is 32.2. The number of rotatable bonds is 8. The maximum absolute atomic E-state index is 12.7. The number of nitrogens with zero attached hydrogens (tertiary/aromatic N) is 2. The first-order valence-electron chi connectivity index (χ1n) is 7.91. The van der Waals surface area contributed by atoms with Crippen LogP contribution >= 0.6 is 0 Å². The molecule has 1 unspecified atom stereocenters. The van der Waals surface area contributed by atoms with Gasteiger partial charge >= 0.3 is 0 Å². The summed E-state index contributed by atoms with van der Waals surface area (Å²) in [5, 5.41) is 3.41. The zero-order valence-corrected chi connectivity index (χ0v) is 14.2. The molecule has 1 aliphatic rings. The van der Waals surface area contributed by atoms with E-state index in [0.717, 1.165) is 32.4 Å². The minimum Gasteiger partial charge on any atom is -0.316 e. The Morgan fingerprint density at radius 1 is 1.35 bits per heavy atom. The third-order valence-electron chi connectivity index (χ3n) is 3.85. The first kappa shape index (κ1) is 17.9. The lowest BCUT2D eigenvalue weighted by Gasteiger charge is -2.36. The molecule has 0 aliphatic carbocycles. The van der Waals surface area contributed by atoms with E-state index in [1.807, 2.05) is 20.8 Å². The van der Waals surface area contributed by atoms with Gasteiger partial charge in [0, 0.05) is 25.7 Å². The van der Waals surface area contributed by atoms with Gasteiger partial charge in [-0.05, 0) is 52.1 Å². The zero-order chi connectivity index (χ0) is 15.2. The quantitative estimate of drug-likeness (QED) is 0.694. The largest absolute Gasteiger partial charge is 0.316 e. The lowest BCUT2D eigenvalue weighted by Crippen LogP contribution is -2.51. The van der Waals surface area contributed by atoms with Crippen molar-refractivity contribution in [1.82, 2.24) is 13.9 Å². The second kappa shape index (κ2) is 8.32. The smallest absolute Gasteiger partial charge is 0.282 e. The molecule has 1 rings (SSSR count). The van der Waals surface area contributed by atoms with Gasteiger partial charge < -0.3 is 5.32 Å². The van der Waals surface area contributed by atoms with Crippen molar-refractivity contribution >= 4 is 10.2 Å². The van der Waals surface area contributed by atoms with Gasteiger partial charge in [-0.15, -0.1) is 0 Å². The van der Waals surface area contributed by atoms with Gasteiger partial charge in [-0.25, -0.2) is 0 Å². The fourth-order valence-electron chi connectivity index (χ4n) is 2.83. The van der Waals surface area contributed by atoms with Crippen molar-refractivity contribution in [2.75, 3.05) is 32.7 Å². The van der Waals surface area contributed by atoms with Crippen LogP contribution in [0.15, 0.2) is 0 Å². The van der Waals surface area contributed by atoms with Crippen LogP contribution in [0.1, 0.15) is 47.0 Å². The third-order valence-corrected chi connectivity index (χ3v) is 6.11. The molecule has 0 aromatic heterocycles. The lowest BCUT2D eigenvalue weighted by molar-refractivity contribution is 0.235. The summed E-state index contributed by atoms with van der Waals surface area (Å²) in [5.74, 6) is 0.441. The van der Waals surface area contributed by atoms with Gasteiger partial charge in [0.15, 0.2) is 0 Å². The summed E-state index contributed by atoms with van der Waals surface area (Å²) in [7, 11) is -3.30. The van der Waals surface area contributed by atoms with Crippen LogP contribution in [0.5, 0.6) is 0 Å². The second-order valence-corrected chi connectivity index (χ2v) is 7.76. The van der Waals surface area contributed by atoms with Crippen LogP contribution in [-0.4, -0.2) is 55.8 Å². The van der Waals surface area contributed by atoms with Gasteiger partial charge in [-0.1, -0.05) is 13.8 Å². The molecule has 6 heteroatoms. The molecular weight excluding hydrogens is 274 g/mol. The molecule has 1 saturated heterocycles. The normalized spacial score (nSPS) is 21.8. The van der Waals surface area contributed by atoms with E-state index in [1.165, 1.54) is 0 Å². The molecule has 1 heterocycles. The SMILES string of the molecule is CCCNCC1CCCN(S(=O)(=O)N(CC)C(C)C)C1. The molecule has 1 N–H and O–H groups in total. The molecule has 20 heavy (non-hydrogen) atoms. The van der Waals surface area contributed by atoms with Crippen LogP contribution in [-0.2, 0) is 10.2 Å². The van der Waals surface area contributed by atoms with Crippen molar-refractivity contribution in [1.29, 1.82) is 0 Å². The maximum atomic E-state index is 12.7. The Hall–Kier alpha value is -0.170. The number of nitrogens with one attached hydrogen (secondary N) is 1. The van der Waals surface area contributed by atoms with Crippen molar-refractivity contribution in [3.8, 4) is 0 Å². The third kappa shape index (κ3) is 4.69. The highest BCUT2D eigenvalue weighted by Crippen LogP contribution is 2.21. The van der Waals surface area contributed by atoms with Gasteiger partial charge in [0.2, 0.25) is 0 Å². The molecule has 1 fully saturated rings. The van der Waals surface area contributed by atoms with Crippen LogP contribution < -0.4 is 5.32 Å². The first-order valence-corrected chi connectivity index (χ1v) is 9.30. The van der Waals surface area contributed by atoms with Crippen LogP contribution in [0.25, 0.3) is 0 Å². The van der Waals surface area contributed by atoms with Crippen LogP contribution in [0.3, 0.4) is 0 Å². The maximum Gasteiger partial charge on any atom is 0.282 e. The molecule has 120 valence electrons. The summed E-state index contributed by atoms with van der Waals surface area (Å²) < 4.78 is 28.6. The Kier molecular flexibility index (Phi) is 7.43. The van der Waals surface area contributed by atoms with E-state index in [0.29, 0.717) is 25.6 Å². The van der Waals surface area contributed by atoms with Crippen molar-refractivity contribution in [2.24, 2.45) is 5.92 Å². The van der Waals surface area contributed by atoms with E-state index < -0.39 is 10.2 Å². The highest BCUT2D eigenvalue weighted by molar-refractivity contribution is 7.86. The molecule has 0 amide bonds.